The molecular weight excluding hydrogens is 240 g/mol. The van der Waals surface area contributed by atoms with Crippen molar-refractivity contribution in [1.29, 1.82) is 0 Å². The van der Waals surface area contributed by atoms with Crippen LogP contribution in [-0.4, -0.2) is 50.2 Å². The molecule has 100 valence electrons. The first-order valence-electron chi connectivity index (χ1n) is 6.42. The van der Waals surface area contributed by atoms with Crippen LogP contribution in [0.15, 0.2) is 0 Å². The summed E-state index contributed by atoms with van der Waals surface area (Å²) >= 11 is 0. The van der Waals surface area contributed by atoms with E-state index in [-0.39, 0.29) is 12.4 Å². The Bertz CT molecular complexity index is 225. The second-order valence-electron chi connectivity index (χ2n) is 4.74. The lowest BCUT2D eigenvalue weighted by Crippen LogP contribution is -2.41. The van der Waals surface area contributed by atoms with Gasteiger partial charge in [-0.25, -0.2) is 0 Å². The van der Waals surface area contributed by atoms with E-state index in [1.807, 2.05) is 4.90 Å². The van der Waals surface area contributed by atoms with Crippen LogP contribution in [0.5, 0.6) is 0 Å². The molecule has 2 rings (SSSR count). The van der Waals surface area contributed by atoms with E-state index in [4.69, 9.17) is 4.74 Å². The zero-order valence-corrected chi connectivity index (χ0v) is 11.1. The summed E-state index contributed by atoms with van der Waals surface area (Å²) in [6.45, 7) is 5.16. The highest BCUT2D eigenvalue weighted by molar-refractivity contribution is 5.85. The zero-order valence-electron chi connectivity index (χ0n) is 10.3. The van der Waals surface area contributed by atoms with Crippen LogP contribution in [0.25, 0.3) is 0 Å². The first kappa shape index (κ1) is 14.7. The van der Waals surface area contributed by atoms with Crippen molar-refractivity contribution < 1.29 is 9.53 Å². The number of morpholine rings is 1. The van der Waals surface area contributed by atoms with Gasteiger partial charge in [0.2, 0.25) is 5.91 Å². The molecule has 2 fully saturated rings. The van der Waals surface area contributed by atoms with Gasteiger partial charge in [0.15, 0.2) is 0 Å². The Morgan fingerprint density at radius 1 is 1.24 bits per heavy atom. The van der Waals surface area contributed by atoms with Crippen LogP contribution in [0, 0.1) is 5.92 Å². The third kappa shape index (κ3) is 4.82. The smallest absolute Gasteiger partial charge is 0.223 e. The van der Waals surface area contributed by atoms with Crippen molar-refractivity contribution in [3.63, 3.8) is 0 Å². The van der Waals surface area contributed by atoms with Crippen molar-refractivity contribution in [3.8, 4) is 0 Å². The number of hydrogen-bond acceptors (Lipinski definition) is 3. The minimum Gasteiger partial charge on any atom is -0.378 e. The van der Waals surface area contributed by atoms with E-state index in [1.165, 1.54) is 12.8 Å². The molecule has 0 radical (unpaired) electrons. The molecule has 4 nitrogen and oxygen atoms in total. The summed E-state index contributed by atoms with van der Waals surface area (Å²) in [6, 6.07) is 0. The van der Waals surface area contributed by atoms with Crippen LogP contribution in [-0.2, 0) is 9.53 Å². The molecule has 2 saturated heterocycles. The van der Waals surface area contributed by atoms with Crippen molar-refractivity contribution in [2.75, 3.05) is 39.4 Å². The average molecular weight is 263 g/mol. The number of carbonyl (C=O) groups is 1. The normalized spacial score (nSPS) is 25.9. The molecule has 0 saturated carbocycles. The van der Waals surface area contributed by atoms with Gasteiger partial charge in [0, 0.05) is 19.5 Å². The molecule has 0 spiro atoms. The molecule has 2 aliphatic heterocycles. The second-order valence-corrected chi connectivity index (χ2v) is 4.74. The summed E-state index contributed by atoms with van der Waals surface area (Å²) in [7, 11) is 0. The second kappa shape index (κ2) is 7.90. The first-order chi connectivity index (χ1) is 7.86. The van der Waals surface area contributed by atoms with Crippen LogP contribution in [0.1, 0.15) is 25.7 Å². The molecule has 0 aromatic rings. The van der Waals surface area contributed by atoms with Gasteiger partial charge in [0.1, 0.15) is 0 Å². The third-order valence-corrected chi connectivity index (χ3v) is 3.52. The van der Waals surface area contributed by atoms with Crippen molar-refractivity contribution in [2.45, 2.75) is 25.7 Å². The van der Waals surface area contributed by atoms with Gasteiger partial charge in [0.25, 0.3) is 0 Å². The summed E-state index contributed by atoms with van der Waals surface area (Å²) < 4.78 is 5.26. The van der Waals surface area contributed by atoms with Gasteiger partial charge in [-0.2, -0.15) is 0 Å². The Balaban J connectivity index is 0.00000144. The van der Waals surface area contributed by atoms with Crippen LogP contribution >= 0.6 is 12.4 Å². The number of carbonyl (C=O) groups excluding carboxylic acids is 1. The summed E-state index contributed by atoms with van der Waals surface area (Å²) in [5.41, 5.74) is 0. The maximum atomic E-state index is 12.0. The van der Waals surface area contributed by atoms with Crippen molar-refractivity contribution in [3.05, 3.63) is 0 Å². The lowest BCUT2D eigenvalue weighted by Gasteiger charge is -2.28. The first-order valence-corrected chi connectivity index (χ1v) is 6.42. The van der Waals surface area contributed by atoms with Gasteiger partial charge in [0.05, 0.1) is 13.2 Å². The Morgan fingerprint density at radius 2 is 2.00 bits per heavy atom. The molecule has 2 heterocycles. The molecule has 0 aliphatic carbocycles. The van der Waals surface area contributed by atoms with E-state index in [0.717, 1.165) is 39.0 Å². The maximum Gasteiger partial charge on any atom is 0.223 e. The quantitative estimate of drug-likeness (QED) is 0.809. The van der Waals surface area contributed by atoms with Gasteiger partial charge in [-0.15, -0.1) is 12.4 Å². The average Bonchev–Trinajstić information content (AvgIpc) is 2.59. The van der Waals surface area contributed by atoms with Crippen LogP contribution in [0.2, 0.25) is 0 Å². The van der Waals surface area contributed by atoms with E-state index in [9.17, 15) is 4.79 Å². The van der Waals surface area contributed by atoms with Gasteiger partial charge < -0.3 is 15.0 Å². The van der Waals surface area contributed by atoms with Gasteiger partial charge in [-0.1, -0.05) is 0 Å². The topological polar surface area (TPSA) is 41.6 Å². The summed E-state index contributed by atoms with van der Waals surface area (Å²) in [5.74, 6) is 0.917. The standard InChI is InChI=1S/C12H22N2O2.ClH/c15-12(14-6-8-16-9-7-14)10-11-2-1-4-13-5-3-11;/h11,13H,1-10H2;1H. The van der Waals surface area contributed by atoms with E-state index in [1.54, 1.807) is 0 Å². The molecule has 1 atom stereocenters. The maximum absolute atomic E-state index is 12.0. The number of ether oxygens (including phenoxy) is 1. The largest absolute Gasteiger partial charge is 0.378 e. The Hall–Kier alpha value is -0.320. The van der Waals surface area contributed by atoms with E-state index in [2.05, 4.69) is 5.32 Å². The van der Waals surface area contributed by atoms with Gasteiger partial charge >= 0.3 is 0 Å². The fourth-order valence-electron chi connectivity index (χ4n) is 2.48. The SMILES string of the molecule is Cl.O=C(CC1CCCNCC1)N1CCOCC1. The monoisotopic (exact) mass is 262 g/mol. The Morgan fingerprint density at radius 3 is 2.76 bits per heavy atom. The number of nitrogens with zero attached hydrogens (tertiary/aromatic N) is 1. The summed E-state index contributed by atoms with van der Waals surface area (Å²) in [4.78, 5) is 14.0. The van der Waals surface area contributed by atoms with Crippen molar-refractivity contribution in [1.82, 2.24) is 10.2 Å². The molecule has 17 heavy (non-hydrogen) atoms. The molecule has 5 heteroatoms. The van der Waals surface area contributed by atoms with Gasteiger partial charge in [-0.3, -0.25) is 4.79 Å². The molecule has 0 bridgehead atoms. The van der Waals surface area contributed by atoms with E-state index < -0.39 is 0 Å². The van der Waals surface area contributed by atoms with Crippen LogP contribution in [0.4, 0.5) is 0 Å². The Labute approximate surface area is 109 Å². The number of halogens is 1. The van der Waals surface area contributed by atoms with Crippen molar-refractivity contribution in [2.24, 2.45) is 5.92 Å². The molecule has 2 aliphatic rings. The molecular formula is C12H23ClN2O2. The number of rotatable bonds is 2. The van der Waals surface area contributed by atoms with Gasteiger partial charge in [-0.05, 0) is 38.3 Å². The Kier molecular flexibility index (Phi) is 6.85. The third-order valence-electron chi connectivity index (χ3n) is 3.52. The highest BCUT2D eigenvalue weighted by Crippen LogP contribution is 2.18. The van der Waals surface area contributed by atoms with E-state index in [0.29, 0.717) is 25.0 Å². The molecule has 0 aromatic carbocycles. The minimum atomic E-state index is 0. The lowest BCUT2D eigenvalue weighted by atomic mass is 9.96. The van der Waals surface area contributed by atoms with Crippen LogP contribution < -0.4 is 5.32 Å². The lowest BCUT2D eigenvalue weighted by molar-refractivity contribution is -0.136. The van der Waals surface area contributed by atoms with E-state index >= 15 is 0 Å². The molecule has 0 aromatic heterocycles. The predicted octanol–water partition coefficient (Wildman–Crippen LogP) is 1.05. The zero-order chi connectivity index (χ0) is 11.2. The summed E-state index contributed by atoms with van der Waals surface area (Å²) in [5, 5.41) is 3.39. The minimum absolute atomic E-state index is 0. The molecule has 1 unspecified atom stereocenters. The fraction of sp³-hybridized carbons (Fsp3) is 0.917. The number of hydrogen-bond donors (Lipinski definition) is 1. The predicted molar refractivity (Wildman–Crippen MR) is 69.5 cm³/mol. The molecule has 1 N–H and O–H groups in total. The number of nitrogens with one attached hydrogen (secondary N) is 1. The van der Waals surface area contributed by atoms with Crippen molar-refractivity contribution >= 4 is 18.3 Å². The highest BCUT2D eigenvalue weighted by atomic mass is 35.5. The highest BCUT2D eigenvalue weighted by Gasteiger charge is 2.21. The fourth-order valence-corrected chi connectivity index (χ4v) is 2.48. The molecule has 1 amide bonds. The number of amides is 1. The summed E-state index contributed by atoms with van der Waals surface area (Å²) in [6.07, 6.45) is 4.29. The van der Waals surface area contributed by atoms with Crippen LogP contribution in [0.3, 0.4) is 0 Å².